The summed E-state index contributed by atoms with van der Waals surface area (Å²) in [4.78, 5) is 22.7. The fraction of sp³-hybridized carbons (Fsp3) is 0.895. The van der Waals surface area contributed by atoms with Crippen LogP contribution in [0, 0.1) is 0 Å². The van der Waals surface area contributed by atoms with E-state index < -0.39 is 18.0 Å². The highest BCUT2D eigenvalue weighted by atomic mass is 16.6. The second-order valence-electron chi connectivity index (χ2n) is 13.0. The summed E-state index contributed by atoms with van der Waals surface area (Å²) in [6, 6.07) is 0. The van der Waals surface area contributed by atoms with Gasteiger partial charge in [-0.15, -0.1) is 0 Å². The molecule has 1 aliphatic rings. The van der Waals surface area contributed by atoms with Crippen LogP contribution in [0.1, 0.15) is 206 Å². The van der Waals surface area contributed by atoms with Crippen LogP contribution in [0.4, 0.5) is 0 Å². The van der Waals surface area contributed by atoms with Gasteiger partial charge in [0.2, 0.25) is 0 Å². The molecule has 0 aromatic heterocycles. The largest absolute Gasteiger partial charge is 0.451 e. The molecule has 0 aliphatic carbocycles. The third kappa shape index (κ3) is 26.3. The van der Waals surface area contributed by atoms with Crippen molar-refractivity contribution >= 4 is 11.9 Å². The van der Waals surface area contributed by atoms with Gasteiger partial charge in [0.15, 0.2) is 12.7 Å². The van der Waals surface area contributed by atoms with Crippen molar-refractivity contribution in [1.82, 2.24) is 0 Å². The van der Waals surface area contributed by atoms with Crippen LogP contribution in [0.5, 0.6) is 0 Å². The number of hydrogen-bond acceptors (Lipinski definition) is 4. The van der Waals surface area contributed by atoms with E-state index in [0.29, 0.717) is 6.42 Å². The Balaban J connectivity index is 1.66. The minimum absolute atomic E-state index is 0.245. The molecule has 0 amide bonds. The summed E-state index contributed by atoms with van der Waals surface area (Å²) < 4.78 is 9.80. The number of carbonyl (C=O) groups is 2. The van der Waals surface area contributed by atoms with Crippen molar-refractivity contribution in [2.75, 3.05) is 6.61 Å². The summed E-state index contributed by atoms with van der Waals surface area (Å²) in [5.74, 6) is -0.858. The van der Waals surface area contributed by atoms with Gasteiger partial charge in [0, 0.05) is 0 Å². The van der Waals surface area contributed by atoms with Crippen molar-refractivity contribution < 1.29 is 19.1 Å². The van der Waals surface area contributed by atoms with Crippen LogP contribution in [0.2, 0.25) is 0 Å². The molecule has 0 radical (unpaired) electrons. The maximum atomic E-state index is 11.5. The van der Waals surface area contributed by atoms with E-state index in [4.69, 9.17) is 9.47 Å². The number of rotatable bonds is 32. The zero-order valence-corrected chi connectivity index (χ0v) is 28.0. The summed E-state index contributed by atoms with van der Waals surface area (Å²) in [7, 11) is 0. The van der Waals surface area contributed by atoms with Gasteiger partial charge in [0.05, 0.1) is 0 Å². The van der Waals surface area contributed by atoms with Gasteiger partial charge in [-0.2, -0.15) is 0 Å². The fourth-order valence-electron chi connectivity index (χ4n) is 6.06. The van der Waals surface area contributed by atoms with E-state index in [1.807, 2.05) is 0 Å². The monoisotopic (exact) mass is 591 g/mol. The SMILES string of the molecule is CCCCCCCCCCCCCCCCCCCCCCCCCCCCCCC=CCC[C@H]1OC(=O)COC1=O. The van der Waals surface area contributed by atoms with Crippen LogP contribution in [-0.4, -0.2) is 24.6 Å². The van der Waals surface area contributed by atoms with Crippen molar-refractivity contribution in [2.45, 2.75) is 212 Å². The molecule has 0 saturated carbocycles. The first kappa shape index (κ1) is 38.7. The topological polar surface area (TPSA) is 52.6 Å². The molecule has 246 valence electrons. The van der Waals surface area contributed by atoms with Crippen LogP contribution in [-0.2, 0) is 19.1 Å². The summed E-state index contributed by atoms with van der Waals surface area (Å²) in [5.41, 5.74) is 0. The fourth-order valence-corrected chi connectivity index (χ4v) is 6.06. The molecule has 0 N–H and O–H groups in total. The molecular formula is C38H70O4. The van der Waals surface area contributed by atoms with Gasteiger partial charge in [-0.1, -0.05) is 192 Å². The molecule has 0 unspecified atom stereocenters. The summed E-state index contributed by atoms with van der Waals surface area (Å²) in [6.45, 7) is 2.05. The third-order valence-corrected chi connectivity index (χ3v) is 8.86. The lowest BCUT2D eigenvalue weighted by Gasteiger charge is -2.20. The molecule has 1 atom stereocenters. The molecule has 0 spiro atoms. The Morgan fingerprint density at radius 3 is 1.21 bits per heavy atom. The second-order valence-corrected chi connectivity index (χ2v) is 13.0. The Kier molecular flexibility index (Phi) is 28.7. The maximum absolute atomic E-state index is 11.5. The first-order chi connectivity index (χ1) is 20.7. The van der Waals surface area contributed by atoms with E-state index in [1.165, 1.54) is 180 Å². The van der Waals surface area contributed by atoms with Gasteiger partial charge in [0.25, 0.3) is 0 Å². The van der Waals surface area contributed by atoms with E-state index >= 15 is 0 Å². The van der Waals surface area contributed by atoms with Crippen molar-refractivity contribution in [1.29, 1.82) is 0 Å². The average Bonchev–Trinajstić information content (AvgIpc) is 2.99. The van der Waals surface area contributed by atoms with Crippen LogP contribution in [0.15, 0.2) is 12.2 Å². The lowest BCUT2D eigenvalue weighted by molar-refractivity contribution is -0.184. The molecule has 1 saturated heterocycles. The van der Waals surface area contributed by atoms with Crippen molar-refractivity contribution in [3.8, 4) is 0 Å². The van der Waals surface area contributed by atoms with E-state index in [1.54, 1.807) is 0 Å². The van der Waals surface area contributed by atoms with Crippen LogP contribution < -0.4 is 0 Å². The third-order valence-electron chi connectivity index (χ3n) is 8.86. The normalized spacial score (nSPS) is 15.4. The van der Waals surface area contributed by atoms with Crippen LogP contribution in [0.3, 0.4) is 0 Å². The lowest BCUT2D eigenvalue weighted by Crippen LogP contribution is -2.37. The molecule has 0 aromatic rings. The summed E-state index contributed by atoms with van der Waals surface area (Å²) in [6.07, 6.45) is 46.0. The first-order valence-electron chi connectivity index (χ1n) is 18.7. The van der Waals surface area contributed by atoms with Gasteiger partial charge < -0.3 is 9.47 Å². The minimum atomic E-state index is -0.718. The number of esters is 2. The van der Waals surface area contributed by atoms with Gasteiger partial charge in [0.1, 0.15) is 0 Å². The summed E-state index contributed by atoms with van der Waals surface area (Å²) >= 11 is 0. The van der Waals surface area contributed by atoms with Gasteiger partial charge in [-0.25, -0.2) is 9.59 Å². The lowest BCUT2D eigenvalue weighted by atomic mass is 10.0. The molecular weight excluding hydrogens is 520 g/mol. The van der Waals surface area contributed by atoms with E-state index in [2.05, 4.69) is 19.1 Å². The van der Waals surface area contributed by atoms with Gasteiger partial charge >= 0.3 is 11.9 Å². The van der Waals surface area contributed by atoms with Crippen molar-refractivity contribution in [3.63, 3.8) is 0 Å². The molecule has 1 aliphatic heterocycles. The van der Waals surface area contributed by atoms with Gasteiger partial charge in [-0.3, -0.25) is 0 Å². The number of cyclic esters (lactones) is 2. The molecule has 1 fully saturated rings. The highest BCUT2D eigenvalue weighted by Crippen LogP contribution is 2.17. The van der Waals surface area contributed by atoms with Crippen LogP contribution >= 0.6 is 0 Å². The van der Waals surface area contributed by atoms with E-state index in [-0.39, 0.29) is 6.61 Å². The summed E-state index contributed by atoms with van der Waals surface area (Å²) in [5, 5.41) is 0. The average molecular weight is 591 g/mol. The van der Waals surface area contributed by atoms with Gasteiger partial charge in [-0.05, 0) is 25.7 Å². The van der Waals surface area contributed by atoms with Crippen LogP contribution in [0.25, 0.3) is 0 Å². The molecule has 0 aromatic carbocycles. The Morgan fingerprint density at radius 1 is 0.500 bits per heavy atom. The Morgan fingerprint density at radius 2 is 0.833 bits per heavy atom. The standard InChI is InChI=1S/C38H70O4/c1-2-3-4-5-6-7-8-9-10-11-12-13-14-15-16-17-18-19-20-21-22-23-24-25-26-27-28-29-30-31-32-33-34-36-38(40)41-35-37(39)42-36/h31-32,36H,2-30,33-35H2,1H3/t36-/m1/s1. The molecule has 42 heavy (non-hydrogen) atoms. The number of ether oxygens (including phenoxy) is 2. The predicted molar refractivity (Wildman–Crippen MR) is 179 cm³/mol. The Bertz CT molecular complexity index is 629. The highest BCUT2D eigenvalue weighted by Gasteiger charge is 2.29. The Hall–Kier alpha value is -1.32. The number of carbonyl (C=O) groups excluding carboxylic acids is 2. The first-order valence-corrected chi connectivity index (χ1v) is 18.7. The number of hydrogen-bond donors (Lipinski definition) is 0. The van der Waals surface area contributed by atoms with Crippen molar-refractivity contribution in [3.05, 3.63) is 12.2 Å². The van der Waals surface area contributed by atoms with E-state index in [9.17, 15) is 9.59 Å². The number of allylic oxidation sites excluding steroid dienone is 2. The molecule has 0 bridgehead atoms. The quantitative estimate of drug-likeness (QED) is 0.0444. The zero-order valence-electron chi connectivity index (χ0n) is 28.0. The maximum Gasteiger partial charge on any atom is 0.348 e. The van der Waals surface area contributed by atoms with E-state index in [0.717, 1.165) is 12.8 Å². The second kappa shape index (κ2) is 31.1. The number of unbranched alkanes of at least 4 members (excludes halogenated alkanes) is 28. The zero-order chi connectivity index (χ0) is 30.2. The molecule has 1 heterocycles. The highest BCUT2D eigenvalue weighted by molar-refractivity contribution is 5.85. The predicted octanol–water partition coefficient (Wildman–Crippen LogP) is 12.1. The minimum Gasteiger partial charge on any atom is -0.451 e. The van der Waals surface area contributed by atoms with Crippen molar-refractivity contribution in [2.24, 2.45) is 0 Å². The molecule has 1 rings (SSSR count). The smallest absolute Gasteiger partial charge is 0.348 e. The molecule has 4 heteroatoms. The molecule has 4 nitrogen and oxygen atoms in total. The Labute approximate surface area is 261 Å².